The highest BCUT2D eigenvalue weighted by molar-refractivity contribution is 5.98. The molecule has 9 heteroatoms. The van der Waals surface area contributed by atoms with E-state index in [-0.39, 0.29) is 25.4 Å². The summed E-state index contributed by atoms with van der Waals surface area (Å²) in [7, 11) is 1.63. The second-order valence-electron chi connectivity index (χ2n) is 8.34. The van der Waals surface area contributed by atoms with Gasteiger partial charge in [-0.2, -0.15) is 13.2 Å². The quantitative estimate of drug-likeness (QED) is 0.588. The smallest absolute Gasteiger partial charge is 0.391 e. The predicted molar refractivity (Wildman–Crippen MR) is 121 cm³/mol. The normalized spacial score (nSPS) is 17.0. The minimum Gasteiger partial charge on any atom is -0.481 e. The summed E-state index contributed by atoms with van der Waals surface area (Å²) in [6, 6.07) is 13.3. The highest BCUT2D eigenvalue weighted by Gasteiger charge is 2.41. The van der Waals surface area contributed by atoms with E-state index in [9.17, 15) is 18.0 Å². The largest absolute Gasteiger partial charge is 0.481 e. The molecule has 6 nitrogen and oxygen atoms in total. The van der Waals surface area contributed by atoms with Gasteiger partial charge in [0.05, 0.1) is 11.6 Å². The van der Waals surface area contributed by atoms with Crippen molar-refractivity contribution in [2.24, 2.45) is 5.92 Å². The fourth-order valence-corrected chi connectivity index (χ4v) is 4.28. The zero-order chi connectivity index (χ0) is 23.4. The molecule has 178 valence electrons. The van der Waals surface area contributed by atoms with E-state index in [1.54, 1.807) is 12.0 Å². The first-order valence-corrected chi connectivity index (χ1v) is 11.1. The lowest BCUT2D eigenvalue weighted by atomic mass is 9.96. The first-order valence-electron chi connectivity index (χ1n) is 11.1. The second-order valence-corrected chi connectivity index (χ2v) is 8.34. The van der Waals surface area contributed by atoms with Crippen LogP contribution in [0, 0.1) is 5.92 Å². The van der Waals surface area contributed by atoms with E-state index < -0.39 is 12.1 Å². The SMILES string of the molecule is COCCCN1C(=O)COc2cc(Nc3ccc(N4CCC(C(F)(F)F)CC4)cc3)ccc21. The molecule has 0 atom stereocenters. The van der Waals surface area contributed by atoms with E-state index in [0.717, 1.165) is 29.2 Å². The number of rotatable bonds is 7. The van der Waals surface area contributed by atoms with Crippen molar-refractivity contribution < 1.29 is 27.4 Å². The van der Waals surface area contributed by atoms with Gasteiger partial charge in [0.2, 0.25) is 0 Å². The molecule has 0 unspecified atom stereocenters. The van der Waals surface area contributed by atoms with Crippen molar-refractivity contribution in [1.29, 1.82) is 0 Å². The highest BCUT2D eigenvalue weighted by Crippen LogP contribution is 2.37. The lowest BCUT2D eigenvalue weighted by Gasteiger charge is -2.34. The molecule has 2 aliphatic heterocycles. The van der Waals surface area contributed by atoms with Gasteiger partial charge >= 0.3 is 6.18 Å². The molecule has 2 aliphatic rings. The van der Waals surface area contributed by atoms with Crippen molar-refractivity contribution >= 4 is 28.7 Å². The summed E-state index contributed by atoms with van der Waals surface area (Å²) >= 11 is 0. The molecule has 4 rings (SSSR count). The van der Waals surface area contributed by atoms with E-state index in [4.69, 9.17) is 9.47 Å². The van der Waals surface area contributed by atoms with E-state index in [0.29, 0.717) is 32.0 Å². The molecule has 0 bridgehead atoms. The van der Waals surface area contributed by atoms with Crippen LogP contribution in [0.5, 0.6) is 5.75 Å². The molecule has 2 heterocycles. The lowest BCUT2D eigenvalue weighted by molar-refractivity contribution is -0.179. The van der Waals surface area contributed by atoms with Crippen LogP contribution in [0.3, 0.4) is 0 Å². The Morgan fingerprint density at radius 1 is 1.09 bits per heavy atom. The van der Waals surface area contributed by atoms with Crippen LogP contribution in [0.25, 0.3) is 0 Å². The van der Waals surface area contributed by atoms with Gasteiger partial charge in [0.15, 0.2) is 6.61 Å². The highest BCUT2D eigenvalue weighted by atomic mass is 19.4. The second kappa shape index (κ2) is 9.91. The van der Waals surface area contributed by atoms with E-state index >= 15 is 0 Å². The van der Waals surface area contributed by atoms with Crippen LogP contribution in [0.4, 0.5) is 35.9 Å². The Morgan fingerprint density at radius 3 is 2.45 bits per heavy atom. The Hall–Kier alpha value is -2.94. The number of ether oxygens (including phenoxy) is 2. The van der Waals surface area contributed by atoms with Gasteiger partial charge in [-0.1, -0.05) is 0 Å². The van der Waals surface area contributed by atoms with Gasteiger partial charge in [-0.25, -0.2) is 0 Å². The third kappa shape index (κ3) is 5.52. The molecule has 1 amide bonds. The van der Waals surface area contributed by atoms with Gasteiger partial charge in [0, 0.05) is 56.5 Å². The Labute approximate surface area is 191 Å². The first-order chi connectivity index (χ1) is 15.8. The van der Waals surface area contributed by atoms with E-state index in [2.05, 4.69) is 5.32 Å². The number of methoxy groups -OCH3 is 1. The minimum absolute atomic E-state index is 0.00314. The van der Waals surface area contributed by atoms with Crippen LogP contribution >= 0.6 is 0 Å². The van der Waals surface area contributed by atoms with Gasteiger partial charge in [-0.05, 0) is 55.7 Å². The zero-order valence-corrected chi connectivity index (χ0v) is 18.5. The fourth-order valence-electron chi connectivity index (χ4n) is 4.28. The molecular weight excluding hydrogens is 435 g/mol. The summed E-state index contributed by atoms with van der Waals surface area (Å²) in [5.41, 5.74) is 3.33. The molecule has 0 aliphatic carbocycles. The summed E-state index contributed by atoms with van der Waals surface area (Å²) in [5, 5.41) is 3.32. The Bertz CT molecular complexity index is 958. The molecule has 2 aromatic rings. The van der Waals surface area contributed by atoms with Crippen molar-refractivity contribution in [3.8, 4) is 5.75 Å². The average Bonchev–Trinajstić information content (AvgIpc) is 2.81. The summed E-state index contributed by atoms with van der Waals surface area (Å²) in [6.07, 6.45) is -3.11. The van der Waals surface area contributed by atoms with Gasteiger partial charge < -0.3 is 24.6 Å². The molecule has 2 aromatic carbocycles. The number of halogens is 3. The number of benzene rings is 2. The molecule has 0 aromatic heterocycles. The number of hydrogen-bond donors (Lipinski definition) is 1. The van der Waals surface area contributed by atoms with Crippen molar-refractivity contribution in [3.63, 3.8) is 0 Å². The number of anilines is 4. The maximum absolute atomic E-state index is 12.9. The monoisotopic (exact) mass is 463 g/mol. The number of piperidine rings is 1. The van der Waals surface area contributed by atoms with Crippen molar-refractivity contribution in [2.45, 2.75) is 25.4 Å². The number of hydrogen-bond acceptors (Lipinski definition) is 5. The van der Waals surface area contributed by atoms with Crippen LogP contribution in [0.2, 0.25) is 0 Å². The molecule has 1 fully saturated rings. The summed E-state index contributed by atoms with van der Waals surface area (Å²) in [5.74, 6) is -0.637. The first kappa shape index (κ1) is 23.2. The Kier molecular flexibility index (Phi) is 6.97. The van der Waals surface area contributed by atoms with E-state index in [1.165, 1.54) is 0 Å². The van der Waals surface area contributed by atoms with Gasteiger partial charge in [-0.15, -0.1) is 0 Å². The summed E-state index contributed by atoms with van der Waals surface area (Å²) < 4.78 is 49.4. The minimum atomic E-state index is -4.10. The van der Waals surface area contributed by atoms with Crippen LogP contribution in [-0.2, 0) is 9.53 Å². The van der Waals surface area contributed by atoms with Gasteiger partial charge in [-0.3, -0.25) is 4.79 Å². The molecule has 0 radical (unpaired) electrons. The maximum atomic E-state index is 12.9. The molecule has 1 N–H and O–H groups in total. The zero-order valence-electron chi connectivity index (χ0n) is 18.5. The predicted octanol–water partition coefficient (Wildman–Crippen LogP) is 4.97. The number of fused-ring (bicyclic) bond motifs is 1. The Morgan fingerprint density at radius 2 is 1.79 bits per heavy atom. The standard InChI is InChI=1S/C24H28F3N3O3/c1-32-14-2-11-30-21-8-5-19(15-22(21)33-16-23(30)31)28-18-3-6-20(7-4-18)29-12-9-17(10-13-29)24(25,26)27/h3-8,15,17,28H,2,9-14,16H2,1H3. The average molecular weight is 464 g/mol. The number of carbonyl (C=O) groups excluding carboxylic acids is 1. The molecule has 0 spiro atoms. The van der Waals surface area contributed by atoms with Crippen LogP contribution in [-0.4, -0.2) is 52.0 Å². The van der Waals surface area contributed by atoms with Gasteiger partial charge in [0.1, 0.15) is 5.75 Å². The molecular formula is C24H28F3N3O3. The van der Waals surface area contributed by atoms with E-state index in [1.807, 2.05) is 47.4 Å². The third-order valence-corrected chi connectivity index (χ3v) is 6.11. The number of nitrogens with one attached hydrogen (secondary N) is 1. The summed E-state index contributed by atoms with van der Waals surface area (Å²) in [6.45, 7) is 1.95. The molecule has 33 heavy (non-hydrogen) atoms. The van der Waals surface area contributed by atoms with Crippen LogP contribution in [0.15, 0.2) is 42.5 Å². The fraction of sp³-hybridized carbons (Fsp3) is 0.458. The third-order valence-electron chi connectivity index (χ3n) is 6.11. The lowest BCUT2D eigenvalue weighted by Crippen LogP contribution is -2.39. The number of alkyl halides is 3. The van der Waals surface area contributed by atoms with Crippen LogP contribution in [0.1, 0.15) is 19.3 Å². The molecule has 1 saturated heterocycles. The van der Waals surface area contributed by atoms with Crippen LogP contribution < -0.4 is 19.9 Å². The topological polar surface area (TPSA) is 54.0 Å². The van der Waals surface area contributed by atoms with Crippen molar-refractivity contribution in [3.05, 3.63) is 42.5 Å². The number of nitrogens with zero attached hydrogens (tertiary/aromatic N) is 2. The van der Waals surface area contributed by atoms with Gasteiger partial charge in [0.25, 0.3) is 5.91 Å². The summed E-state index contributed by atoms with van der Waals surface area (Å²) in [4.78, 5) is 16.0. The van der Waals surface area contributed by atoms with Crippen molar-refractivity contribution in [2.75, 3.05) is 55.1 Å². The number of carbonyl (C=O) groups is 1. The number of amides is 1. The Balaban J connectivity index is 1.38. The molecule has 0 saturated carbocycles. The van der Waals surface area contributed by atoms with Crippen molar-refractivity contribution in [1.82, 2.24) is 0 Å². The maximum Gasteiger partial charge on any atom is 0.391 e.